The van der Waals surface area contributed by atoms with E-state index in [1.165, 1.54) is 7.11 Å². The quantitative estimate of drug-likeness (QED) is 0.00670. The zero-order chi connectivity index (χ0) is 55.2. The molecular formula is C59H87N3O9SSi3. The number of benzene rings is 4. The van der Waals surface area contributed by atoms with Gasteiger partial charge in [0.05, 0.1) is 32.0 Å². The molecular weight excluding hydrogens is 1010 g/mol. The third kappa shape index (κ3) is 16.9. The molecule has 2 unspecified atom stereocenters. The molecule has 410 valence electrons. The highest BCUT2D eigenvalue weighted by atomic mass is 32.2. The number of carbonyl (C=O) groups is 1. The molecule has 5 rings (SSSR count). The normalized spacial score (nSPS) is 18.0. The van der Waals surface area contributed by atoms with Crippen LogP contribution in [0.15, 0.2) is 125 Å². The lowest BCUT2D eigenvalue weighted by atomic mass is 9.87. The van der Waals surface area contributed by atoms with Gasteiger partial charge in [0.25, 0.3) is 8.32 Å². The number of azide groups is 1. The van der Waals surface area contributed by atoms with Crippen molar-refractivity contribution in [2.75, 3.05) is 33.7 Å². The molecule has 1 heterocycles. The molecule has 0 spiro atoms. The highest BCUT2D eigenvalue weighted by Gasteiger charge is 2.51. The molecule has 1 fully saturated rings. The van der Waals surface area contributed by atoms with E-state index in [1.807, 2.05) is 68.4 Å². The van der Waals surface area contributed by atoms with Crippen molar-refractivity contribution >= 4 is 52.8 Å². The average Bonchev–Trinajstić information content (AvgIpc) is 3.67. The predicted octanol–water partition coefficient (Wildman–Crippen LogP) is 14.1. The maximum atomic E-state index is 14.6. The van der Waals surface area contributed by atoms with Crippen molar-refractivity contribution in [3.05, 3.63) is 137 Å². The molecule has 4 aromatic carbocycles. The van der Waals surface area contributed by atoms with Crippen LogP contribution in [0.2, 0.25) is 48.9 Å². The lowest BCUT2D eigenvalue weighted by Crippen LogP contribution is -2.65. The molecule has 1 saturated heterocycles. The first-order chi connectivity index (χ1) is 35.2. The van der Waals surface area contributed by atoms with Gasteiger partial charge >= 0.3 is 5.97 Å². The molecule has 6 atom stereocenters. The summed E-state index contributed by atoms with van der Waals surface area (Å²) < 4.78 is 45.3. The number of allylic oxidation sites excluding steroid dienone is 1. The number of ether oxygens (including phenoxy) is 6. The minimum Gasteiger partial charge on any atom is -0.493 e. The topological polar surface area (TPSA) is 151 Å². The second kappa shape index (κ2) is 26.9. The molecule has 4 aromatic rings. The highest BCUT2D eigenvalue weighted by molar-refractivity contribution is 7.99. The van der Waals surface area contributed by atoms with Crippen LogP contribution in [0.25, 0.3) is 10.4 Å². The minimum absolute atomic E-state index is 0.0875. The Labute approximate surface area is 456 Å². The van der Waals surface area contributed by atoms with Gasteiger partial charge in [-0.05, 0) is 114 Å². The van der Waals surface area contributed by atoms with Crippen molar-refractivity contribution in [3.63, 3.8) is 0 Å². The lowest BCUT2D eigenvalue weighted by Gasteiger charge is -2.43. The van der Waals surface area contributed by atoms with Gasteiger partial charge in [-0.3, -0.25) is 0 Å². The molecule has 1 aliphatic rings. The lowest BCUT2D eigenvalue weighted by molar-refractivity contribution is -0.152. The zero-order valence-electron chi connectivity index (χ0n) is 47.6. The Bertz CT molecular complexity index is 2460. The first-order valence-corrected chi connectivity index (χ1v) is 36.0. The fourth-order valence-electron chi connectivity index (χ4n) is 9.50. The van der Waals surface area contributed by atoms with Crippen molar-refractivity contribution in [3.8, 4) is 11.5 Å². The van der Waals surface area contributed by atoms with Gasteiger partial charge in [0.2, 0.25) is 0 Å². The fourth-order valence-corrected chi connectivity index (χ4v) is 16.6. The van der Waals surface area contributed by atoms with Gasteiger partial charge in [-0.2, -0.15) is 0 Å². The van der Waals surface area contributed by atoms with Crippen molar-refractivity contribution in [2.45, 2.75) is 165 Å². The largest absolute Gasteiger partial charge is 0.493 e. The van der Waals surface area contributed by atoms with Gasteiger partial charge in [-0.1, -0.05) is 164 Å². The summed E-state index contributed by atoms with van der Waals surface area (Å²) in [6.45, 7) is 31.3. The number of esters is 1. The molecule has 1 N–H and O–H groups in total. The van der Waals surface area contributed by atoms with Crippen LogP contribution in [0.4, 0.5) is 0 Å². The molecule has 0 saturated carbocycles. The molecule has 0 radical (unpaired) electrons. The van der Waals surface area contributed by atoms with E-state index in [-0.39, 0.29) is 49.0 Å². The van der Waals surface area contributed by atoms with E-state index in [0.29, 0.717) is 29.9 Å². The maximum Gasteiger partial charge on any atom is 0.342 e. The van der Waals surface area contributed by atoms with Gasteiger partial charge in [-0.25, -0.2) is 4.79 Å². The summed E-state index contributed by atoms with van der Waals surface area (Å²) >= 11 is 1.62. The van der Waals surface area contributed by atoms with Gasteiger partial charge in [0, 0.05) is 35.8 Å². The summed E-state index contributed by atoms with van der Waals surface area (Å²) in [5.41, 5.74) is 9.99. The number of nitrogens with zero attached hydrogens (tertiary/aromatic N) is 3. The summed E-state index contributed by atoms with van der Waals surface area (Å²) in [6.07, 6.45) is 4.98. The third-order valence-electron chi connectivity index (χ3n) is 14.8. The summed E-state index contributed by atoms with van der Waals surface area (Å²) in [5.74, 6) is -0.350. The van der Waals surface area contributed by atoms with E-state index >= 15 is 0 Å². The third-order valence-corrected chi connectivity index (χ3v) is 26.8. The first-order valence-electron chi connectivity index (χ1n) is 26.6. The Morgan fingerprint density at radius 2 is 1.43 bits per heavy atom. The van der Waals surface area contributed by atoms with Crippen LogP contribution in [-0.4, -0.2) is 93.2 Å². The second-order valence-corrected chi connectivity index (χ2v) is 39.5. The van der Waals surface area contributed by atoms with Crippen LogP contribution in [0.1, 0.15) is 103 Å². The van der Waals surface area contributed by atoms with Gasteiger partial charge in [0.15, 0.2) is 20.9 Å². The average molecular weight is 1100 g/mol. The van der Waals surface area contributed by atoms with E-state index in [0.717, 1.165) is 27.7 Å². The van der Waals surface area contributed by atoms with Crippen LogP contribution in [0, 0.1) is 11.8 Å². The van der Waals surface area contributed by atoms with E-state index < -0.39 is 65.1 Å². The van der Waals surface area contributed by atoms with Gasteiger partial charge < -0.3 is 37.6 Å². The van der Waals surface area contributed by atoms with Crippen LogP contribution in [-0.2, 0) is 23.4 Å². The maximum absolute atomic E-state index is 14.6. The smallest absolute Gasteiger partial charge is 0.342 e. The Morgan fingerprint density at radius 3 is 1.99 bits per heavy atom. The Balaban J connectivity index is 1.56. The molecule has 16 heteroatoms. The van der Waals surface area contributed by atoms with Crippen molar-refractivity contribution in [1.82, 2.24) is 0 Å². The number of rotatable bonds is 28. The number of hydrogen-bond acceptors (Lipinski definition) is 11. The highest BCUT2D eigenvalue weighted by Crippen LogP contribution is 2.49. The molecule has 0 amide bonds. The molecule has 1 aliphatic heterocycles. The fraction of sp³-hybridized carbons (Fsp3) is 0.542. The molecule has 12 nitrogen and oxygen atoms in total. The summed E-state index contributed by atoms with van der Waals surface area (Å²) in [7, 11) is -5.69. The summed E-state index contributed by atoms with van der Waals surface area (Å²) in [5, 5.41) is 4.82. The Kier molecular flexibility index (Phi) is 22.1. The van der Waals surface area contributed by atoms with Gasteiger partial charge in [-0.15, -0.1) is 11.8 Å². The number of thioether (sulfide) groups is 1. The molecule has 75 heavy (non-hydrogen) atoms. The van der Waals surface area contributed by atoms with Crippen LogP contribution in [0.5, 0.6) is 11.5 Å². The monoisotopic (exact) mass is 1100 g/mol. The Hall–Kier alpha value is -4.20. The second-order valence-electron chi connectivity index (χ2n) is 23.9. The van der Waals surface area contributed by atoms with Crippen molar-refractivity contribution in [2.24, 2.45) is 17.0 Å². The molecule has 0 bridgehead atoms. The number of hydrogen-bond donors (Lipinski definition) is 1. The molecule has 0 aromatic heterocycles. The van der Waals surface area contributed by atoms with E-state index in [4.69, 9.17) is 38.4 Å². The summed E-state index contributed by atoms with van der Waals surface area (Å²) in [6, 6.07) is 34.9. The van der Waals surface area contributed by atoms with Crippen LogP contribution >= 0.6 is 11.8 Å². The SMILES string of the molecule is COCOc1ccc(OCCN=[N+]=[N-])c(C(CC[C@@H]2OC(C)(C)O[C@@H]2C(/C=C\[C@@H](C)[C@H](C)CC(C)(C)[Si](O)(c2ccccc2)c2ccccc2)O[Si](C)(C)C(C)(C)C)Sc2ccccc2)c1C(=O)OCC[Si](C)(C)C. The minimum atomic E-state index is -3.24. The first kappa shape index (κ1) is 61.7. The van der Waals surface area contributed by atoms with E-state index in [2.05, 4.69) is 140 Å². The van der Waals surface area contributed by atoms with Crippen LogP contribution in [0.3, 0.4) is 0 Å². The number of methoxy groups -OCH3 is 1. The van der Waals surface area contributed by atoms with Crippen molar-refractivity contribution in [1.29, 1.82) is 0 Å². The predicted molar refractivity (Wildman–Crippen MR) is 313 cm³/mol. The number of carbonyl (C=O) groups excluding carboxylic acids is 1. The Morgan fingerprint density at radius 1 is 0.840 bits per heavy atom. The van der Waals surface area contributed by atoms with Crippen LogP contribution < -0.4 is 19.8 Å². The van der Waals surface area contributed by atoms with E-state index in [9.17, 15) is 9.59 Å². The zero-order valence-corrected chi connectivity index (χ0v) is 51.4. The molecule has 0 aliphatic carbocycles. The van der Waals surface area contributed by atoms with Gasteiger partial charge in [0.1, 0.15) is 23.2 Å². The summed E-state index contributed by atoms with van der Waals surface area (Å²) in [4.78, 5) is 31.6. The van der Waals surface area contributed by atoms with E-state index in [1.54, 1.807) is 23.9 Å². The van der Waals surface area contributed by atoms with Crippen molar-refractivity contribution < 1.29 is 42.4 Å². The standard InChI is InChI=1S/C59H87N3O9SSi3/c1-43(44(2)41-58(6,7)75(64,46-27-21-17-22-28-46)47-29-23-18-24-30-47)31-32-51(71-74(14,15)57(3,4)5)55-50(69-59(8,9)70-55)35-36-52(72-45-25-19-16-20-26-45)53-48(66-38-37-61-62-60)33-34-49(68-42-65-10)54(53)56(63)67-39-40-73(11,12)13/h16-34,43-44,50-52,55,64H,35-42H2,1-15H3/b32-31-/t43-,44-,50+,51?,52?,55+/m1/s1.